The number of carbonyl (C=O) groups is 1. The molecular formula is C18H23N3O3. The van der Waals surface area contributed by atoms with Gasteiger partial charge in [-0.25, -0.2) is 4.98 Å². The van der Waals surface area contributed by atoms with Crippen LogP contribution >= 0.6 is 0 Å². The van der Waals surface area contributed by atoms with E-state index in [-0.39, 0.29) is 19.0 Å². The number of nitrogens with one attached hydrogen (secondary N) is 1. The predicted octanol–water partition coefficient (Wildman–Crippen LogP) is 1.62. The minimum Gasteiger partial charge on any atom is -0.497 e. The van der Waals surface area contributed by atoms with Gasteiger partial charge in [-0.15, -0.1) is 0 Å². The Morgan fingerprint density at radius 3 is 3.08 bits per heavy atom. The Morgan fingerprint density at radius 1 is 1.42 bits per heavy atom. The molecule has 3 rings (SSSR count). The summed E-state index contributed by atoms with van der Waals surface area (Å²) in [6.45, 7) is 0.413. The lowest BCUT2D eigenvalue weighted by Gasteiger charge is -2.15. The van der Waals surface area contributed by atoms with Crippen LogP contribution in [0.5, 0.6) is 5.75 Å². The average Bonchev–Trinajstić information content (AvgIpc) is 3.03. The third-order valence-electron chi connectivity index (χ3n) is 4.40. The molecule has 1 amide bonds. The fourth-order valence-electron chi connectivity index (χ4n) is 3.06. The molecule has 6 nitrogen and oxygen atoms in total. The van der Waals surface area contributed by atoms with E-state index in [2.05, 4.69) is 10.3 Å². The minimum atomic E-state index is -0.763. The van der Waals surface area contributed by atoms with Crippen LogP contribution in [-0.4, -0.2) is 34.2 Å². The largest absolute Gasteiger partial charge is 0.497 e. The van der Waals surface area contributed by atoms with Crippen molar-refractivity contribution < 1.29 is 14.6 Å². The summed E-state index contributed by atoms with van der Waals surface area (Å²) in [4.78, 5) is 16.6. The highest BCUT2D eigenvalue weighted by Crippen LogP contribution is 2.20. The van der Waals surface area contributed by atoms with Gasteiger partial charge in [-0.3, -0.25) is 4.79 Å². The van der Waals surface area contributed by atoms with Crippen molar-refractivity contribution >= 4 is 5.91 Å². The molecule has 6 heteroatoms. The Balaban J connectivity index is 1.54. The van der Waals surface area contributed by atoms with Gasteiger partial charge in [0, 0.05) is 12.2 Å². The summed E-state index contributed by atoms with van der Waals surface area (Å²) in [7, 11) is 1.58. The summed E-state index contributed by atoms with van der Waals surface area (Å²) >= 11 is 0. The predicted molar refractivity (Wildman–Crippen MR) is 89.8 cm³/mol. The van der Waals surface area contributed by atoms with E-state index in [9.17, 15) is 9.90 Å². The van der Waals surface area contributed by atoms with E-state index in [0.29, 0.717) is 5.75 Å². The number of imidazole rings is 1. The van der Waals surface area contributed by atoms with Gasteiger partial charge < -0.3 is 19.7 Å². The van der Waals surface area contributed by atoms with Gasteiger partial charge in [-0.2, -0.15) is 0 Å². The molecule has 2 N–H and O–H groups in total. The zero-order valence-electron chi connectivity index (χ0n) is 13.9. The normalized spacial score (nSPS) is 14.8. The van der Waals surface area contributed by atoms with Gasteiger partial charge in [-0.05, 0) is 43.4 Å². The molecule has 0 spiro atoms. The fraction of sp³-hybridized carbons (Fsp3) is 0.444. The van der Waals surface area contributed by atoms with Crippen molar-refractivity contribution in [3.05, 3.63) is 47.5 Å². The van der Waals surface area contributed by atoms with Gasteiger partial charge >= 0.3 is 0 Å². The van der Waals surface area contributed by atoms with Gasteiger partial charge in [0.1, 0.15) is 12.3 Å². The molecule has 0 saturated heterocycles. The summed E-state index contributed by atoms with van der Waals surface area (Å²) in [5.74, 6) is 0.561. The molecule has 1 aromatic heterocycles. The monoisotopic (exact) mass is 329 g/mol. The molecule has 0 radical (unpaired) electrons. The second-order valence-corrected chi connectivity index (χ2v) is 6.07. The first-order valence-corrected chi connectivity index (χ1v) is 8.29. The number of hydrogen-bond donors (Lipinski definition) is 2. The number of nitrogens with zero attached hydrogens (tertiary/aromatic N) is 2. The topological polar surface area (TPSA) is 76.4 Å². The first kappa shape index (κ1) is 16.5. The molecule has 2 aromatic rings. The molecule has 1 heterocycles. The third-order valence-corrected chi connectivity index (χ3v) is 4.40. The van der Waals surface area contributed by atoms with Crippen LogP contribution in [0.1, 0.15) is 35.9 Å². The molecule has 24 heavy (non-hydrogen) atoms. The van der Waals surface area contributed by atoms with E-state index in [1.54, 1.807) is 19.5 Å². The summed E-state index contributed by atoms with van der Waals surface area (Å²) in [6.07, 6.45) is 5.28. The lowest BCUT2D eigenvalue weighted by Crippen LogP contribution is -2.31. The number of amides is 1. The molecule has 0 aliphatic heterocycles. The van der Waals surface area contributed by atoms with Gasteiger partial charge in [0.15, 0.2) is 0 Å². The SMILES string of the molecule is COc1cccc(C(O)CNC(=O)Cn2cnc3c2CCCC3)c1. The number of benzene rings is 1. The van der Waals surface area contributed by atoms with E-state index in [0.717, 1.165) is 30.5 Å². The van der Waals surface area contributed by atoms with E-state index < -0.39 is 6.10 Å². The lowest BCUT2D eigenvalue weighted by atomic mass is 10.0. The zero-order chi connectivity index (χ0) is 16.9. The maximum atomic E-state index is 12.2. The summed E-state index contributed by atoms with van der Waals surface area (Å²) in [6, 6.07) is 7.21. The highest BCUT2D eigenvalue weighted by Gasteiger charge is 2.17. The van der Waals surface area contributed by atoms with Crippen molar-refractivity contribution in [2.45, 2.75) is 38.3 Å². The van der Waals surface area contributed by atoms with Crippen LogP contribution in [0.2, 0.25) is 0 Å². The fourth-order valence-corrected chi connectivity index (χ4v) is 3.06. The van der Waals surface area contributed by atoms with Crippen LogP contribution in [0.3, 0.4) is 0 Å². The maximum absolute atomic E-state index is 12.2. The number of hydrogen-bond acceptors (Lipinski definition) is 4. The second-order valence-electron chi connectivity index (χ2n) is 6.07. The van der Waals surface area contributed by atoms with Crippen molar-refractivity contribution in [3.63, 3.8) is 0 Å². The van der Waals surface area contributed by atoms with Crippen LogP contribution in [0.4, 0.5) is 0 Å². The van der Waals surface area contributed by atoms with E-state index in [1.807, 2.05) is 22.8 Å². The minimum absolute atomic E-state index is 0.122. The number of aryl methyl sites for hydroxylation is 1. The van der Waals surface area contributed by atoms with Crippen LogP contribution in [0.25, 0.3) is 0 Å². The quantitative estimate of drug-likeness (QED) is 0.844. The van der Waals surface area contributed by atoms with Gasteiger partial charge in [-0.1, -0.05) is 12.1 Å². The Bertz CT molecular complexity index is 711. The molecular weight excluding hydrogens is 306 g/mol. The molecule has 0 fully saturated rings. The second kappa shape index (κ2) is 7.49. The van der Waals surface area contributed by atoms with Crippen molar-refractivity contribution in [2.75, 3.05) is 13.7 Å². The number of ether oxygens (including phenoxy) is 1. The highest BCUT2D eigenvalue weighted by atomic mass is 16.5. The first-order valence-electron chi connectivity index (χ1n) is 8.29. The molecule has 1 aromatic carbocycles. The number of fused-ring (bicyclic) bond motifs is 1. The number of carbonyl (C=O) groups excluding carboxylic acids is 1. The van der Waals surface area contributed by atoms with E-state index in [4.69, 9.17) is 4.74 Å². The molecule has 1 unspecified atom stereocenters. The molecule has 128 valence electrons. The Labute approximate surface area is 141 Å². The van der Waals surface area contributed by atoms with Crippen molar-refractivity contribution in [2.24, 2.45) is 0 Å². The lowest BCUT2D eigenvalue weighted by molar-refractivity contribution is -0.122. The molecule has 1 aliphatic rings. The van der Waals surface area contributed by atoms with Crippen LogP contribution in [0.15, 0.2) is 30.6 Å². The number of aromatic nitrogens is 2. The van der Waals surface area contributed by atoms with Crippen molar-refractivity contribution in [1.82, 2.24) is 14.9 Å². The number of aliphatic hydroxyl groups excluding tert-OH is 1. The van der Waals surface area contributed by atoms with Crippen molar-refractivity contribution in [1.29, 1.82) is 0 Å². The Kier molecular flexibility index (Phi) is 5.15. The third kappa shape index (κ3) is 3.76. The maximum Gasteiger partial charge on any atom is 0.240 e. The van der Waals surface area contributed by atoms with Gasteiger partial charge in [0.2, 0.25) is 5.91 Å². The smallest absolute Gasteiger partial charge is 0.240 e. The number of aliphatic hydroxyl groups is 1. The van der Waals surface area contributed by atoms with E-state index >= 15 is 0 Å². The van der Waals surface area contributed by atoms with E-state index in [1.165, 1.54) is 12.1 Å². The first-order chi connectivity index (χ1) is 11.7. The van der Waals surface area contributed by atoms with Gasteiger partial charge in [0.25, 0.3) is 0 Å². The summed E-state index contributed by atoms with van der Waals surface area (Å²) in [5, 5.41) is 13.0. The molecule has 0 saturated carbocycles. The van der Waals surface area contributed by atoms with Crippen LogP contribution < -0.4 is 10.1 Å². The molecule has 1 atom stereocenters. The summed E-state index contributed by atoms with van der Waals surface area (Å²) in [5.41, 5.74) is 3.00. The van der Waals surface area contributed by atoms with Crippen molar-refractivity contribution in [3.8, 4) is 5.75 Å². The summed E-state index contributed by atoms with van der Waals surface area (Å²) < 4.78 is 7.06. The highest BCUT2D eigenvalue weighted by molar-refractivity contribution is 5.75. The standard InChI is InChI=1S/C18H23N3O3/c1-24-14-6-4-5-13(9-14)17(22)10-19-18(23)11-21-12-20-15-7-2-3-8-16(15)21/h4-6,9,12,17,22H,2-3,7-8,10-11H2,1H3,(H,19,23). The average molecular weight is 329 g/mol. The Morgan fingerprint density at radius 2 is 2.25 bits per heavy atom. The molecule has 1 aliphatic carbocycles. The molecule has 0 bridgehead atoms. The van der Waals surface area contributed by atoms with Crippen LogP contribution in [-0.2, 0) is 24.2 Å². The van der Waals surface area contributed by atoms with Crippen LogP contribution in [0, 0.1) is 0 Å². The number of rotatable bonds is 6. The number of methoxy groups -OCH3 is 1. The zero-order valence-corrected chi connectivity index (χ0v) is 13.9. The van der Waals surface area contributed by atoms with Gasteiger partial charge in [0.05, 0.1) is 25.2 Å². The Hall–Kier alpha value is -2.34.